The normalized spacial score (nSPS) is 23.7. The van der Waals surface area contributed by atoms with Gasteiger partial charge >= 0.3 is 0 Å². The molecular formula is C9H16. The van der Waals surface area contributed by atoms with Crippen LogP contribution in [0.5, 0.6) is 0 Å². The van der Waals surface area contributed by atoms with Gasteiger partial charge in [0.25, 0.3) is 0 Å². The Morgan fingerprint density at radius 3 is 3.00 bits per heavy atom. The van der Waals surface area contributed by atoms with Gasteiger partial charge in [-0.25, -0.2) is 0 Å². The maximum absolute atomic E-state index is 3.53. The molecule has 52 valence electrons. The Morgan fingerprint density at radius 2 is 2.22 bits per heavy atom. The lowest BCUT2D eigenvalue weighted by Crippen LogP contribution is -1.95. The molecule has 0 N–H and O–H groups in total. The third kappa shape index (κ3) is 2.38. The van der Waals surface area contributed by atoms with Crippen LogP contribution < -0.4 is 0 Å². The Kier molecular flexibility index (Phi) is 3.10. The summed E-state index contributed by atoms with van der Waals surface area (Å²) in [6.07, 6.45) is 11.7. The fourth-order valence-corrected chi connectivity index (χ4v) is 1.45. The van der Waals surface area contributed by atoms with Crippen molar-refractivity contribution in [2.24, 2.45) is 5.92 Å². The van der Waals surface area contributed by atoms with Gasteiger partial charge in [0.2, 0.25) is 0 Å². The SMILES string of the molecule is CCC1[C]CCCCC1. The van der Waals surface area contributed by atoms with Gasteiger partial charge in [0, 0.05) is 0 Å². The minimum absolute atomic E-state index is 0.826. The standard InChI is InChI=1S/C9H16/c1-2-9-7-5-3-4-6-8-9/h9H,2-7H2,1H3. The van der Waals surface area contributed by atoms with E-state index in [1.54, 1.807) is 0 Å². The molecule has 0 nitrogen and oxygen atoms in total. The average Bonchev–Trinajstić information content (AvgIpc) is 2.13. The van der Waals surface area contributed by atoms with Crippen LogP contribution in [0.1, 0.15) is 45.4 Å². The smallest absolute Gasteiger partial charge is 0.0140 e. The van der Waals surface area contributed by atoms with Crippen LogP contribution >= 0.6 is 0 Å². The summed E-state index contributed by atoms with van der Waals surface area (Å²) in [5.74, 6) is 0.826. The summed E-state index contributed by atoms with van der Waals surface area (Å²) in [5, 5.41) is 0. The summed E-state index contributed by atoms with van der Waals surface area (Å²) in [5.41, 5.74) is 0. The Hall–Kier alpha value is 0. The lowest BCUT2D eigenvalue weighted by Gasteiger charge is -2.07. The van der Waals surface area contributed by atoms with E-state index in [9.17, 15) is 0 Å². The summed E-state index contributed by atoms with van der Waals surface area (Å²) in [6, 6.07) is 0. The largest absolute Gasteiger partial charge is 0.0651 e. The molecule has 1 atom stereocenters. The first kappa shape index (κ1) is 7.11. The van der Waals surface area contributed by atoms with Crippen molar-refractivity contribution >= 4 is 0 Å². The highest BCUT2D eigenvalue weighted by Gasteiger charge is 2.09. The van der Waals surface area contributed by atoms with Gasteiger partial charge in [0.05, 0.1) is 0 Å². The molecule has 0 aromatic heterocycles. The van der Waals surface area contributed by atoms with Crippen LogP contribution in [0.2, 0.25) is 0 Å². The van der Waals surface area contributed by atoms with E-state index >= 15 is 0 Å². The van der Waals surface area contributed by atoms with Crippen LogP contribution in [-0.2, 0) is 0 Å². The lowest BCUT2D eigenvalue weighted by molar-refractivity contribution is 0.528. The zero-order chi connectivity index (χ0) is 6.53. The molecule has 0 aromatic carbocycles. The molecule has 1 saturated carbocycles. The molecule has 1 fully saturated rings. The quantitative estimate of drug-likeness (QED) is 0.471. The van der Waals surface area contributed by atoms with Crippen LogP contribution in [-0.4, -0.2) is 0 Å². The van der Waals surface area contributed by atoms with E-state index in [1.807, 2.05) is 0 Å². The highest BCUT2D eigenvalue weighted by Crippen LogP contribution is 2.23. The van der Waals surface area contributed by atoms with E-state index in [4.69, 9.17) is 0 Å². The molecule has 0 heterocycles. The van der Waals surface area contributed by atoms with Gasteiger partial charge in [-0.2, -0.15) is 0 Å². The third-order valence-corrected chi connectivity index (χ3v) is 2.16. The van der Waals surface area contributed by atoms with Crippen LogP contribution in [0.3, 0.4) is 0 Å². The minimum Gasteiger partial charge on any atom is -0.0651 e. The molecule has 1 aliphatic carbocycles. The molecule has 0 aromatic rings. The van der Waals surface area contributed by atoms with Crippen LogP contribution in [0.4, 0.5) is 0 Å². The van der Waals surface area contributed by atoms with Gasteiger partial charge in [0.15, 0.2) is 0 Å². The fraction of sp³-hybridized carbons (Fsp3) is 0.889. The highest BCUT2D eigenvalue weighted by atomic mass is 14.1. The topological polar surface area (TPSA) is 0 Å². The molecule has 9 heavy (non-hydrogen) atoms. The molecule has 0 saturated heterocycles. The number of hydrogen-bond acceptors (Lipinski definition) is 0. The molecule has 1 aliphatic rings. The van der Waals surface area contributed by atoms with Gasteiger partial charge in [-0.3, -0.25) is 0 Å². The molecular weight excluding hydrogens is 108 g/mol. The zero-order valence-corrected chi connectivity index (χ0v) is 6.32. The lowest BCUT2D eigenvalue weighted by atomic mass is 9.98. The first-order chi connectivity index (χ1) is 4.43. The molecule has 0 aliphatic heterocycles. The van der Waals surface area contributed by atoms with Gasteiger partial charge in [-0.05, 0) is 25.2 Å². The van der Waals surface area contributed by atoms with Gasteiger partial charge in [-0.15, -0.1) is 0 Å². The average molecular weight is 124 g/mol. The van der Waals surface area contributed by atoms with E-state index in [0.29, 0.717) is 0 Å². The molecule has 1 unspecified atom stereocenters. The van der Waals surface area contributed by atoms with E-state index < -0.39 is 0 Å². The second-order valence-electron chi connectivity index (χ2n) is 2.91. The Bertz CT molecular complexity index is 58.4. The predicted molar refractivity (Wildman–Crippen MR) is 40.1 cm³/mol. The van der Waals surface area contributed by atoms with Crippen LogP contribution in [0.25, 0.3) is 0 Å². The Morgan fingerprint density at radius 1 is 1.33 bits per heavy atom. The minimum atomic E-state index is 0.826. The second-order valence-corrected chi connectivity index (χ2v) is 2.91. The van der Waals surface area contributed by atoms with Gasteiger partial charge in [-0.1, -0.05) is 32.6 Å². The van der Waals surface area contributed by atoms with Crippen molar-refractivity contribution in [3.05, 3.63) is 6.42 Å². The van der Waals surface area contributed by atoms with Crippen molar-refractivity contribution in [3.63, 3.8) is 0 Å². The van der Waals surface area contributed by atoms with Crippen LogP contribution in [0.15, 0.2) is 0 Å². The van der Waals surface area contributed by atoms with Crippen molar-refractivity contribution in [2.45, 2.75) is 45.4 Å². The van der Waals surface area contributed by atoms with E-state index in [-0.39, 0.29) is 0 Å². The maximum atomic E-state index is 3.53. The van der Waals surface area contributed by atoms with E-state index in [0.717, 1.165) is 5.92 Å². The Labute approximate surface area is 58.7 Å². The maximum Gasteiger partial charge on any atom is -0.0140 e. The van der Waals surface area contributed by atoms with Crippen molar-refractivity contribution in [1.82, 2.24) is 0 Å². The Balaban J connectivity index is 2.18. The molecule has 2 radical (unpaired) electrons. The van der Waals surface area contributed by atoms with Gasteiger partial charge in [0.1, 0.15) is 0 Å². The fourth-order valence-electron chi connectivity index (χ4n) is 1.45. The molecule has 0 heteroatoms. The molecule has 0 bridgehead atoms. The molecule has 0 amide bonds. The first-order valence-corrected chi connectivity index (χ1v) is 4.17. The molecule has 0 spiro atoms. The van der Waals surface area contributed by atoms with Crippen LogP contribution in [0, 0.1) is 12.3 Å². The summed E-state index contributed by atoms with van der Waals surface area (Å²) < 4.78 is 0. The summed E-state index contributed by atoms with van der Waals surface area (Å²) in [6.45, 7) is 2.27. The van der Waals surface area contributed by atoms with E-state index in [2.05, 4.69) is 13.3 Å². The van der Waals surface area contributed by atoms with Crippen molar-refractivity contribution in [2.75, 3.05) is 0 Å². The predicted octanol–water partition coefficient (Wildman–Crippen LogP) is 3.06. The number of hydrogen-bond donors (Lipinski definition) is 0. The van der Waals surface area contributed by atoms with Crippen molar-refractivity contribution < 1.29 is 0 Å². The third-order valence-electron chi connectivity index (χ3n) is 2.16. The first-order valence-electron chi connectivity index (χ1n) is 4.17. The monoisotopic (exact) mass is 124 g/mol. The summed E-state index contributed by atoms with van der Waals surface area (Å²) in [4.78, 5) is 0. The number of rotatable bonds is 1. The highest BCUT2D eigenvalue weighted by molar-refractivity contribution is 4.77. The van der Waals surface area contributed by atoms with Gasteiger partial charge < -0.3 is 0 Å². The zero-order valence-electron chi connectivity index (χ0n) is 6.32. The second kappa shape index (κ2) is 3.92. The summed E-state index contributed by atoms with van der Waals surface area (Å²) >= 11 is 0. The van der Waals surface area contributed by atoms with Crippen molar-refractivity contribution in [3.8, 4) is 0 Å². The van der Waals surface area contributed by atoms with Crippen molar-refractivity contribution in [1.29, 1.82) is 0 Å². The summed E-state index contributed by atoms with van der Waals surface area (Å²) in [7, 11) is 0. The van der Waals surface area contributed by atoms with E-state index in [1.165, 1.54) is 38.5 Å². The molecule has 1 rings (SSSR count).